The third kappa shape index (κ3) is 4.81. The summed E-state index contributed by atoms with van der Waals surface area (Å²) >= 11 is 5.52. The van der Waals surface area contributed by atoms with Crippen LogP contribution in [0.2, 0.25) is 0 Å². The minimum Gasteiger partial charge on any atom is -0.506 e. The van der Waals surface area contributed by atoms with Gasteiger partial charge in [-0.1, -0.05) is 0 Å². The van der Waals surface area contributed by atoms with Gasteiger partial charge in [0.15, 0.2) is 0 Å². The van der Waals surface area contributed by atoms with E-state index in [4.69, 9.17) is 0 Å². The molecule has 0 aliphatic heterocycles. The molecule has 0 fully saturated rings. The van der Waals surface area contributed by atoms with Crippen LogP contribution in [0.3, 0.4) is 0 Å². The number of amides is 1. The number of phenolic OH excluding ortho intramolecular Hbond substituents is 1. The van der Waals surface area contributed by atoms with E-state index in [2.05, 4.69) is 43.3 Å². The van der Waals surface area contributed by atoms with E-state index in [-0.39, 0.29) is 17.4 Å². The Balaban J connectivity index is 1.90. The molecular weight excluding hydrogens is 532 g/mol. The van der Waals surface area contributed by atoms with E-state index in [1.54, 1.807) is 17.0 Å². The molecule has 2 aromatic rings. The molecule has 0 spiro atoms. The lowest BCUT2D eigenvalue weighted by Crippen LogP contribution is -2.28. The summed E-state index contributed by atoms with van der Waals surface area (Å²) in [5, 5.41) is 21.2. The molecule has 1 amide bonds. The van der Waals surface area contributed by atoms with Gasteiger partial charge in [0.1, 0.15) is 5.75 Å². The summed E-state index contributed by atoms with van der Waals surface area (Å²) in [6, 6.07) is 3.64. The smallest absolute Gasteiger partial charge is 0.293 e. The summed E-state index contributed by atoms with van der Waals surface area (Å²) in [5.74, 6) is 0.122. The molecule has 2 rings (SSSR count). The number of aryl methyl sites for hydroxylation is 1. The maximum absolute atomic E-state index is 11.7. The molecular formula is C12H12I2N5O2S+. The number of hydrazone groups is 1. The SMILES string of the molecule is C[n+]1cn[nH]c1SCC(=O)N/N=C/c1cc(I)cc(I)c1O. The molecule has 7 nitrogen and oxygen atoms in total. The molecule has 0 aliphatic rings. The zero-order valence-electron chi connectivity index (χ0n) is 11.4. The summed E-state index contributed by atoms with van der Waals surface area (Å²) in [7, 11) is 1.84. The Morgan fingerprint density at radius 1 is 1.59 bits per heavy atom. The quantitative estimate of drug-likeness (QED) is 0.175. The van der Waals surface area contributed by atoms with Crippen LogP contribution in [0.15, 0.2) is 28.7 Å². The van der Waals surface area contributed by atoms with Gasteiger partial charge < -0.3 is 5.11 Å². The summed E-state index contributed by atoms with van der Waals surface area (Å²) in [4.78, 5) is 11.7. The summed E-state index contributed by atoms with van der Waals surface area (Å²) in [6.45, 7) is 0. The highest BCUT2D eigenvalue weighted by molar-refractivity contribution is 14.1. The van der Waals surface area contributed by atoms with E-state index >= 15 is 0 Å². The first kappa shape index (κ1) is 17.5. The Labute approximate surface area is 158 Å². The van der Waals surface area contributed by atoms with Gasteiger partial charge in [0, 0.05) is 14.2 Å². The molecule has 1 heterocycles. The number of thioether (sulfide) groups is 1. The molecule has 0 saturated carbocycles. The fraction of sp³-hybridized carbons (Fsp3) is 0.167. The number of aromatic amines is 1. The molecule has 1 aromatic heterocycles. The number of phenols is 1. The van der Waals surface area contributed by atoms with E-state index in [1.165, 1.54) is 18.0 Å². The number of hydrogen-bond donors (Lipinski definition) is 3. The van der Waals surface area contributed by atoms with Crippen molar-refractivity contribution in [1.82, 2.24) is 15.6 Å². The van der Waals surface area contributed by atoms with E-state index in [0.29, 0.717) is 5.56 Å². The van der Waals surface area contributed by atoms with Crippen LogP contribution in [0.4, 0.5) is 0 Å². The molecule has 0 radical (unpaired) electrons. The highest BCUT2D eigenvalue weighted by atomic mass is 127. The van der Waals surface area contributed by atoms with Crippen LogP contribution in [0.5, 0.6) is 5.75 Å². The van der Waals surface area contributed by atoms with Gasteiger partial charge in [-0.3, -0.25) is 4.79 Å². The van der Waals surface area contributed by atoms with Crippen molar-refractivity contribution < 1.29 is 14.5 Å². The standard InChI is InChI=1S/C12H11I2N5O2S/c1-19-6-16-18-12(19)22-5-10(20)17-15-4-7-2-8(13)3-9(14)11(7)21/h2-4,6H,5H2,1H3,(H2,15,17,20,21)/p+1. The van der Waals surface area contributed by atoms with Crippen molar-refractivity contribution in [3.05, 3.63) is 31.2 Å². The number of benzene rings is 1. The zero-order valence-corrected chi connectivity index (χ0v) is 16.5. The first-order valence-electron chi connectivity index (χ1n) is 5.99. The van der Waals surface area contributed by atoms with Crippen LogP contribution in [-0.4, -0.2) is 33.2 Å². The van der Waals surface area contributed by atoms with E-state index in [1.807, 2.05) is 35.7 Å². The van der Waals surface area contributed by atoms with Gasteiger partial charge in [-0.25, -0.2) is 9.99 Å². The average Bonchev–Trinajstić information content (AvgIpc) is 2.87. The van der Waals surface area contributed by atoms with Gasteiger partial charge in [0.2, 0.25) is 0 Å². The number of nitrogens with zero attached hydrogens (tertiary/aromatic N) is 3. The van der Waals surface area contributed by atoms with Gasteiger partial charge in [0.25, 0.3) is 17.4 Å². The molecule has 0 atom stereocenters. The number of hydrogen-bond acceptors (Lipinski definition) is 5. The first-order chi connectivity index (χ1) is 10.5. The lowest BCUT2D eigenvalue weighted by atomic mass is 10.2. The van der Waals surface area contributed by atoms with Gasteiger partial charge in [-0.2, -0.15) is 5.10 Å². The molecule has 0 bridgehead atoms. The number of rotatable bonds is 5. The highest BCUT2D eigenvalue weighted by Gasteiger charge is 2.10. The number of H-pyrrole nitrogens is 1. The average molecular weight is 544 g/mol. The van der Waals surface area contributed by atoms with Crippen molar-refractivity contribution in [2.45, 2.75) is 5.16 Å². The predicted octanol–water partition coefficient (Wildman–Crippen LogP) is 1.39. The van der Waals surface area contributed by atoms with Gasteiger partial charge >= 0.3 is 0 Å². The lowest BCUT2D eigenvalue weighted by Gasteiger charge is -2.03. The van der Waals surface area contributed by atoms with Crippen molar-refractivity contribution in [3.63, 3.8) is 0 Å². The Morgan fingerprint density at radius 2 is 2.36 bits per heavy atom. The molecule has 0 saturated heterocycles. The molecule has 3 N–H and O–H groups in total. The normalized spacial score (nSPS) is 11.0. The number of nitrogens with one attached hydrogen (secondary N) is 2. The van der Waals surface area contributed by atoms with Gasteiger partial charge in [-0.15, -0.1) is 5.10 Å². The van der Waals surface area contributed by atoms with Crippen LogP contribution < -0.4 is 9.99 Å². The summed E-state index contributed by atoms with van der Waals surface area (Å²) < 4.78 is 3.50. The maximum atomic E-state index is 11.7. The van der Waals surface area contributed by atoms with Crippen LogP contribution in [0.1, 0.15) is 5.56 Å². The molecule has 0 unspecified atom stereocenters. The number of halogens is 2. The lowest BCUT2D eigenvalue weighted by molar-refractivity contribution is -0.709. The maximum Gasteiger partial charge on any atom is 0.293 e. The summed E-state index contributed by atoms with van der Waals surface area (Å²) in [6.07, 6.45) is 3.05. The van der Waals surface area contributed by atoms with Crippen LogP contribution in [0, 0.1) is 7.14 Å². The number of aromatic nitrogens is 3. The molecule has 22 heavy (non-hydrogen) atoms. The largest absolute Gasteiger partial charge is 0.506 e. The second-order valence-corrected chi connectivity index (χ2v) is 7.55. The predicted molar refractivity (Wildman–Crippen MR) is 99.8 cm³/mol. The second-order valence-electron chi connectivity index (χ2n) is 4.18. The Morgan fingerprint density at radius 3 is 3.05 bits per heavy atom. The Hall–Kier alpha value is -0.890. The molecule has 10 heteroatoms. The number of aromatic hydroxyl groups is 1. The highest BCUT2D eigenvalue weighted by Crippen LogP contribution is 2.25. The third-order valence-electron chi connectivity index (χ3n) is 2.50. The van der Waals surface area contributed by atoms with Crippen molar-refractivity contribution >= 4 is 69.1 Å². The fourth-order valence-electron chi connectivity index (χ4n) is 1.46. The third-order valence-corrected chi connectivity index (χ3v) is 5.01. The van der Waals surface area contributed by atoms with Crippen molar-refractivity contribution in [2.24, 2.45) is 12.1 Å². The Kier molecular flexibility index (Phi) is 6.43. The van der Waals surface area contributed by atoms with E-state index in [0.717, 1.165) is 12.3 Å². The minimum atomic E-state index is -0.240. The summed E-state index contributed by atoms with van der Waals surface area (Å²) in [5.41, 5.74) is 2.99. The fourth-order valence-corrected chi connectivity index (χ4v) is 4.05. The molecule has 116 valence electrons. The van der Waals surface area contributed by atoms with Gasteiger partial charge in [0.05, 0.1) is 22.6 Å². The second kappa shape index (κ2) is 8.10. The monoisotopic (exact) mass is 544 g/mol. The van der Waals surface area contributed by atoms with Crippen molar-refractivity contribution in [3.8, 4) is 5.75 Å². The zero-order chi connectivity index (χ0) is 16.1. The number of carbonyl (C=O) groups excluding carboxylic acids is 1. The molecule has 1 aromatic carbocycles. The van der Waals surface area contributed by atoms with Gasteiger partial charge in [-0.05, 0) is 69.1 Å². The first-order valence-corrected chi connectivity index (χ1v) is 9.13. The minimum absolute atomic E-state index is 0.151. The van der Waals surface area contributed by atoms with E-state index in [9.17, 15) is 9.90 Å². The van der Waals surface area contributed by atoms with Crippen molar-refractivity contribution in [2.75, 3.05) is 5.75 Å². The number of carbonyl (C=O) groups is 1. The van der Waals surface area contributed by atoms with Crippen LogP contribution >= 0.6 is 56.9 Å². The molecule has 0 aliphatic carbocycles. The van der Waals surface area contributed by atoms with Crippen LogP contribution in [-0.2, 0) is 11.8 Å². The van der Waals surface area contributed by atoms with E-state index < -0.39 is 0 Å². The van der Waals surface area contributed by atoms with Crippen molar-refractivity contribution in [1.29, 1.82) is 0 Å². The topological polar surface area (TPSA) is 94.3 Å². The Bertz CT molecular complexity index is 720. The van der Waals surface area contributed by atoms with Crippen LogP contribution in [0.25, 0.3) is 0 Å².